The number of nitrogens with zero attached hydrogens (tertiary/aromatic N) is 2. The number of carbonyl (C=O) groups excluding carboxylic acids is 2. The minimum absolute atomic E-state index is 0.0159. The molecular weight excluding hydrogens is 380 g/mol. The second kappa shape index (κ2) is 10.1. The zero-order chi connectivity index (χ0) is 21.6. The molecule has 1 aromatic heterocycles. The minimum atomic E-state index is -0.515. The molecule has 2 rings (SSSR count). The van der Waals surface area contributed by atoms with Crippen LogP contribution in [0.15, 0.2) is 42.5 Å². The van der Waals surface area contributed by atoms with Gasteiger partial charge in [-0.25, -0.2) is 0 Å². The van der Waals surface area contributed by atoms with E-state index in [1.165, 1.54) is 4.88 Å². The van der Waals surface area contributed by atoms with Crippen molar-refractivity contribution >= 4 is 23.2 Å². The van der Waals surface area contributed by atoms with Gasteiger partial charge in [0, 0.05) is 27.8 Å². The first-order valence-corrected chi connectivity index (χ1v) is 11.1. The van der Waals surface area contributed by atoms with Crippen LogP contribution in [-0.4, -0.2) is 34.2 Å². The monoisotopic (exact) mass is 414 g/mol. The summed E-state index contributed by atoms with van der Waals surface area (Å²) in [6, 6.07) is 14.2. The summed E-state index contributed by atoms with van der Waals surface area (Å²) in [6.07, 6.45) is 0.817. The van der Waals surface area contributed by atoms with Gasteiger partial charge in [-0.05, 0) is 38.0 Å². The van der Waals surface area contributed by atoms with E-state index in [0.717, 1.165) is 16.9 Å². The van der Waals surface area contributed by atoms with Crippen molar-refractivity contribution in [2.45, 2.75) is 67.1 Å². The predicted octanol–water partition coefficient (Wildman–Crippen LogP) is 5.26. The normalized spacial score (nSPS) is 12.5. The molecule has 0 spiro atoms. The highest BCUT2D eigenvalue weighted by atomic mass is 32.1. The van der Waals surface area contributed by atoms with Crippen molar-refractivity contribution < 1.29 is 9.59 Å². The van der Waals surface area contributed by atoms with Gasteiger partial charge in [-0.3, -0.25) is 9.59 Å². The summed E-state index contributed by atoms with van der Waals surface area (Å²) in [4.78, 5) is 32.4. The first-order valence-electron chi connectivity index (χ1n) is 10.3. The van der Waals surface area contributed by atoms with E-state index >= 15 is 0 Å². The van der Waals surface area contributed by atoms with Gasteiger partial charge in [-0.1, -0.05) is 58.0 Å². The fourth-order valence-corrected chi connectivity index (χ4v) is 4.03. The third-order valence-electron chi connectivity index (χ3n) is 5.04. The molecule has 0 aliphatic carbocycles. The van der Waals surface area contributed by atoms with E-state index < -0.39 is 5.41 Å². The topological polar surface area (TPSA) is 40.6 Å². The molecule has 1 atom stereocenters. The van der Waals surface area contributed by atoms with Gasteiger partial charge in [0.15, 0.2) is 0 Å². The Balaban J connectivity index is 2.24. The quantitative estimate of drug-likeness (QED) is 0.591. The van der Waals surface area contributed by atoms with E-state index in [0.29, 0.717) is 13.1 Å². The molecule has 0 saturated heterocycles. The molecular formula is C24H34N2O2S. The molecule has 5 heteroatoms. The van der Waals surface area contributed by atoms with Gasteiger partial charge in [-0.15, -0.1) is 11.3 Å². The third-order valence-corrected chi connectivity index (χ3v) is 6.03. The Morgan fingerprint density at radius 2 is 1.69 bits per heavy atom. The second-order valence-electron chi connectivity index (χ2n) is 8.69. The van der Waals surface area contributed by atoms with Gasteiger partial charge in [0.2, 0.25) is 11.8 Å². The summed E-state index contributed by atoms with van der Waals surface area (Å²) in [5.41, 5.74) is 0.574. The molecule has 0 saturated carbocycles. The number of amides is 2. The first kappa shape index (κ1) is 23.1. The Bertz CT molecular complexity index is 808. The van der Waals surface area contributed by atoms with Gasteiger partial charge in [0.1, 0.15) is 6.54 Å². The summed E-state index contributed by atoms with van der Waals surface area (Å²) >= 11 is 1.71. The van der Waals surface area contributed by atoms with E-state index in [4.69, 9.17) is 0 Å². The average Bonchev–Trinajstić information content (AvgIpc) is 3.09. The van der Waals surface area contributed by atoms with Crippen molar-refractivity contribution in [3.63, 3.8) is 0 Å². The van der Waals surface area contributed by atoms with Crippen LogP contribution in [0.4, 0.5) is 0 Å². The van der Waals surface area contributed by atoms with Crippen molar-refractivity contribution in [3.05, 3.63) is 57.8 Å². The predicted molar refractivity (Wildman–Crippen MR) is 121 cm³/mol. The van der Waals surface area contributed by atoms with Crippen LogP contribution in [0.25, 0.3) is 0 Å². The number of aryl methyl sites for hydroxylation is 1. The van der Waals surface area contributed by atoms with Crippen molar-refractivity contribution in [3.8, 4) is 0 Å². The van der Waals surface area contributed by atoms with Gasteiger partial charge < -0.3 is 9.80 Å². The molecule has 0 radical (unpaired) electrons. The van der Waals surface area contributed by atoms with Crippen LogP contribution < -0.4 is 0 Å². The summed E-state index contributed by atoms with van der Waals surface area (Å²) in [5.74, 6) is 0.00429. The molecule has 2 amide bonds. The Hall–Kier alpha value is -2.14. The van der Waals surface area contributed by atoms with E-state index in [-0.39, 0.29) is 24.4 Å². The Morgan fingerprint density at radius 3 is 2.21 bits per heavy atom. The van der Waals surface area contributed by atoms with Gasteiger partial charge in [-0.2, -0.15) is 0 Å². The zero-order valence-corrected chi connectivity index (χ0v) is 19.4. The standard InChI is InChI=1S/C24H34N2O2S/c1-7-18(2)26(23(28)24(4,5)6)17-22(27)25(15-20-11-9-8-10-12-20)16-21-14-13-19(3)29-21/h8-14,18H,7,15-17H2,1-6H3/t18-/m0/s1. The van der Waals surface area contributed by atoms with Crippen LogP contribution in [0.5, 0.6) is 0 Å². The summed E-state index contributed by atoms with van der Waals surface area (Å²) < 4.78 is 0. The van der Waals surface area contributed by atoms with Crippen LogP contribution >= 0.6 is 11.3 Å². The fraction of sp³-hybridized carbons (Fsp3) is 0.500. The lowest BCUT2D eigenvalue weighted by Crippen LogP contribution is -2.49. The molecule has 158 valence electrons. The zero-order valence-electron chi connectivity index (χ0n) is 18.6. The highest BCUT2D eigenvalue weighted by Gasteiger charge is 2.32. The first-order chi connectivity index (χ1) is 13.6. The Morgan fingerprint density at radius 1 is 1.03 bits per heavy atom. The SMILES string of the molecule is CC[C@H](C)N(CC(=O)N(Cc1ccccc1)Cc1ccc(C)s1)C(=O)C(C)(C)C. The third kappa shape index (κ3) is 6.70. The van der Waals surface area contributed by atoms with Crippen LogP contribution in [0.3, 0.4) is 0 Å². The molecule has 0 bridgehead atoms. The Kier molecular flexibility index (Phi) is 8.03. The van der Waals surface area contributed by atoms with E-state index in [1.54, 1.807) is 16.2 Å². The smallest absolute Gasteiger partial charge is 0.242 e. The van der Waals surface area contributed by atoms with Crippen LogP contribution in [0.2, 0.25) is 0 Å². The number of benzene rings is 1. The number of rotatable bonds is 8. The lowest BCUT2D eigenvalue weighted by Gasteiger charge is -2.35. The molecule has 1 heterocycles. The maximum atomic E-state index is 13.4. The lowest BCUT2D eigenvalue weighted by molar-refractivity contribution is -0.148. The summed E-state index contributed by atoms with van der Waals surface area (Å²) in [6.45, 7) is 13.1. The molecule has 0 unspecified atom stereocenters. The van der Waals surface area contributed by atoms with Crippen molar-refractivity contribution in [1.29, 1.82) is 0 Å². The van der Waals surface area contributed by atoms with E-state index in [2.05, 4.69) is 19.1 Å². The van der Waals surface area contributed by atoms with Crippen LogP contribution in [0.1, 0.15) is 56.4 Å². The molecule has 2 aromatic rings. The highest BCUT2D eigenvalue weighted by Crippen LogP contribution is 2.22. The minimum Gasteiger partial charge on any atom is -0.332 e. The molecule has 0 aliphatic rings. The maximum absolute atomic E-state index is 13.4. The molecule has 0 aliphatic heterocycles. The molecule has 29 heavy (non-hydrogen) atoms. The second-order valence-corrected chi connectivity index (χ2v) is 10.1. The molecule has 0 fully saturated rings. The van der Waals surface area contributed by atoms with Crippen LogP contribution in [0, 0.1) is 12.3 Å². The number of thiophene rings is 1. The summed E-state index contributed by atoms with van der Waals surface area (Å²) in [5, 5.41) is 0. The van der Waals surface area contributed by atoms with Gasteiger partial charge in [0.25, 0.3) is 0 Å². The number of carbonyl (C=O) groups is 2. The van der Waals surface area contributed by atoms with E-state index in [9.17, 15) is 9.59 Å². The number of hydrogen-bond donors (Lipinski definition) is 0. The van der Waals surface area contributed by atoms with Crippen molar-refractivity contribution in [2.75, 3.05) is 6.54 Å². The molecule has 1 aromatic carbocycles. The molecule has 4 nitrogen and oxygen atoms in total. The molecule has 0 N–H and O–H groups in total. The maximum Gasteiger partial charge on any atom is 0.242 e. The Labute approximate surface area is 179 Å². The average molecular weight is 415 g/mol. The van der Waals surface area contributed by atoms with E-state index in [1.807, 2.05) is 69.9 Å². The number of hydrogen-bond acceptors (Lipinski definition) is 3. The fourth-order valence-electron chi connectivity index (χ4n) is 3.12. The summed E-state index contributed by atoms with van der Waals surface area (Å²) in [7, 11) is 0. The lowest BCUT2D eigenvalue weighted by atomic mass is 9.93. The van der Waals surface area contributed by atoms with Crippen molar-refractivity contribution in [2.24, 2.45) is 5.41 Å². The van der Waals surface area contributed by atoms with Gasteiger partial charge >= 0.3 is 0 Å². The van der Waals surface area contributed by atoms with Gasteiger partial charge in [0.05, 0.1) is 6.54 Å². The highest BCUT2D eigenvalue weighted by molar-refractivity contribution is 7.11. The van der Waals surface area contributed by atoms with Crippen LogP contribution in [-0.2, 0) is 22.7 Å². The largest absolute Gasteiger partial charge is 0.332 e. The van der Waals surface area contributed by atoms with Crippen molar-refractivity contribution in [1.82, 2.24) is 9.80 Å².